The molecule has 9 heteroatoms. The molecule has 1 aliphatic rings. The monoisotopic (exact) mass is 425 g/mol. The quantitative estimate of drug-likeness (QED) is 0.655. The Labute approximate surface area is 175 Å². The molecule has 3 aromatic rings. The highest BCUT2D eigenvalue weighted by Crippen LogP contribution is 2.25. The molecule has 0 atom stereocenters. The molecule has 0 spiro atoms. The van der Waals surface area contributed by atoms with E-state index in [1.807, 2.05) is 55.5 Å². The lowest BCUT2D eigenvalue weighted by Crippen LogP contribution is -2.37. The lowest BCUT2D eigenvalue weighted by molar-refractivity contribution is 0.102. The number of hydrogen-bond acceptors (Lipinski definition) is 5. The fourth-order valence-corrected chi connectivity index (χ4v) is 4.96. The van der Waals surface area contributed by atoms with Crippen molar-refractivity contribution in [3.8, 4) is 5.69 Å². The van der Waals surface area contributed by atoms with Gasteiger partial charge in [0.05, 0.1) is 17.6 Å². The van der Waals surface area contributed by atoms with Gasteiger partial charge in [0.15, 0.2) is 5.69 Å². The minimum Gasteiger partial charge on any atom is -0.321 e. The number of para-hydroxylation sites is 1. The Morgan fingerprint density at radius 3 is 2.70 bits per heavy atom. The van der Waals surface area contributed by atoms with Crippen molar-refractivity contribution < 1.29 is 13.2 Å². The number of aromatic nitrogens is 3. The van der Waals surface area contributed by atoms with Gasteiger partial charge in [0.25, 0.3) is 5.91 Å². The second kappa shape index (κ2) is 8.37. The number of amides is 1. The van der Waals surface area contributed by atoms with E-state index < -0.39 is 10.0 Å². The number of benzene rings is 2. The molecule has 1 aromatic heterocycles. The van der Waals surface area contributed by atoms with Gasteiger partial charge in [-0.25, -0.2) is 8.42 Å². The van der Waals surface area contributed by atoms with Crippen LogP contribution in [-0.2, 0) is 23.0 Å². The maximum atomic E-state index is 12.6. The molecular weight excluding hydrogens is 402 g/mol. The number of hydrogen-bond donors (Lipinski definition) is 1. The zero-order valence-corrected chi connectivity index (χ0v) is 17.5. The van der Waals surface area contributed by atoms with E-state index in [4.69, 9.17) is 0 Å². The topological polar surface area (TPSA) is 97.2 Å². The summed E-state index contributed by atoms with van der Waals surface area (Å²) in [5.41, 5.74) is 3.57. The molecule has 4 rings (SSSR count). The van der Waals surface area contributed by atoms with Crippen LogP contribution in [0.25, 0.3) is 5.69 Å². The van der Waals surface area contributed by atoms with Crippen LogP contribution in [0, 0.1) is 0 Å². The Bertz CT molecular complexity index is 1160. The number of anilines is 1. The summed E-state index contributed by atoms with van der Waals surface area (Å²) in [5.74, 6) is -0.223. The summed E-state index contributed by atoms with van der Waals surface area (Å²) in [6.07, 6.45) is 2.67. The third-order valence-electron chi connectivity index (χ3n) is 5.01. The van der Waals surface area contributed by atoms with Gasteiger partial charge in [-0.2, -0.15) is 14.2 Å². The van der Waals surface area contributed by atoms with E-state index >= 15 is 0 Å². The minimum atomic E-state index is -3.25. The second-order valence-electron chi connectivity index (χ2n) is 7.19. The predicted octanol–water partition coefficient (Wildman–Crippen LogP) is 2.62. The third-order valence-corrected chi connectivity index (χ3v) is 7.03. The Kier molecular flexibility index (Phi) is 5.65. The summed E-state index contributed by atoms with van der Waals surface area (Å²) < 4.78 is 26.3. The Balaban J connectivity index is 1.49. The summed E-state index contributed by atoms with van der Waals surface area (Å²) in [6.45, 7) is 2.67. The highest BCUT2D eigenvalue weighted by molar-refractivity contribution is 7.89. The largest absolute Gasteiger partial charge is 0.321 e. The fourth-order valence-electron chi connectivity index (χ4n) is 3.48. The summed E-state index contributed by atoms with van der Waals surface area (Å²) in [6, 6.07) is 14.9. The van der Waals surface area contributed by atoms with Crippen molar-refractivity contribution in [1.29, 1.82) is 0 Å². The molecule has 1 aliphatic heterocycles. The number of rotatable bonds is 6. The van der Waals surface area contributed by atoms with Crippen LogP contribution in [0.4, 0.5) is 5.69 Å². The molecule has 0 aliphatic carbocycles. The highest BCUT2D eigenvalue weighted by Gasteiger charge is 2.26. The van der Waals surface area contributed by atoms with Crippen molar-refractivity contribution in [1.82, 2.24) is 19.3 Å². The van der Waals surface area contributed by atoms with Crippen LogP contribution in [0.3, 0.4) is 0 Å². The molecule has 2 heterocycles. The lowest BCUT2D eigenvalue weighted by Gasteiger charge is -2.28. The van der Waals surface area contributed by atoms with E-state index in [9.17, 15) is 13.2 Å². The normalized spacial score (nSPS) is 14.3. The Morgan fingerprint density at radius 2 is 1.93 bits per heavy atom. The first-order valence-corrected chi connectivity index (χ1v) is 11.5. The van der Waals surface area contributed by atoms with Gasteiger partial charge in [-0.05, 0) is 48.2 Å². The predicted molar refractivity (Wildman–Crippen MR) is 114 cm³/mol. The number of fused-ring (bicyclic) bond motifs is 1. The smallest absolute Gasteiger partial charge is 0.277 e. The van der Waals surface area contributed by atoms with E-state index in [0.717, 1.165) is 16.8 Å². The zero-order chi connectivity index (χ0) is 21.1. The highest BCUT2D eigenvalue weighted by atomic mass is 32.2. The van der Waals surface area contributed by atoms with Crippen LogP contribution in [-0.4, -0.2) is 45.9 Å². The van der Waals surface area contributed by atoms with Crippen molar-refractivity contribution >= 4 is 21.6 Å². The van der Waals surface area contributed by atoms with Gasteiger partial charge in [0.2, 0.25) is 10.0 Å². The third kappa shape index (κ3) is 4.27. The van der Waals surface area contributed by atoms with Crippen molar-refractivity contribution in [3.63, 3.8) is 0 Å². The molecule has 1 amide bonds. The molecule has 2 aromatic carbocycles. The lowest BCUT2D eigenvalue weighted by atomic mass is 10.0. The molecule has 1 N–H and O–H groups in total. The Hall–Kier alpha value is -3.04. The summed E-state index contributed by atoms with van der Waals surface area (Å²) in [5, 5.41) is 11.2. The zero-order valence-electron chi connectivity index (χ0n) is 16.7. The first kappa shape index (κ1) is 20.2. The van der Waals surface area contributed by atoms with Crippen LogP contribution >= 0.6 is 0 Å². The van der Waals surface area contributed by atoms with Crippen molar-refractivity contribution in [2.75, 3.05) is 17.6 Å². The average molecular weight is 426 g/mol. The molecule has 0 unspecified atom stereocenters. The van der Waals surface area contributed by atoms with Gasteiger partial charge in [-0.3, -0.25) is 4.79 Å². The standard InChI is InChI=1S/C21H23N5O3S/c1-2-12-30(28,29)25-11-10-16-8-9-18(13-17(16)15-25)23-21(27)20-14-22-26(24-20)19-6-4-3-5-7-19/h3-9,13-14H,2,10-12,15H2,1H3,(H,23,27). The number of carbonyl (C=O) groups excluding carboxylic acids is 1. The van der Waals surface area contributed by atoms with Gasteiger partial charge in [0.1, 0.15) is 0 Å². The molecule has 0 radical (unpaired) electrons. The molecule has 0 saturated heterocycles. The maximum Gasteiger partial charge on any atom is 0.277 e. The van der Waals surface area contributed by atoms with E-state index in [1.165, 1.54) is 15.3 Å². The number of sulfonamides is 1. The number of nitrogens with one attached hydrogen (secondary N) is 1. The van der Waals surface area contributed by atoms with E-state index in [1.54, 1.807) is 0 Å². The first-order chi connectivity index (χ1) is 14.5. The van der Waals surface area contributed by atoms with Crippen LogP contribution in [0.5, 0.6) is 0 Å². The van der Waals surface area contributed by atoms with Crippen LogP contribution < -0.4 is 5.32 Å². The van der Waals surface area contributed by atoms with Gasteiger partial charge >= 0.3 is 0 Å². The van der Waals surface area contributed by atoms with Crippen LogP contribution in [0.2, 0.25) is 0 Å². The Morgan fingerprint density at radius 1 is 1.13 bits per heavy atom. The van der Waals surface area contributed by atoms with Crippen molar-refractivity contribution in [2.24, 2.45) is 0 Å². The van der Waals surface area contributed by atoms with Gasteiger partial charge in [-0.15, -0.1) is 5.10 Å². The first-order valence-electron chi connectivity index (χ1n) is 9.85. The average Bonchev–Trinajstić information content (AvgIpc) is 3.24. The molecule has 0 saturated carbocycles. The van der Waals surface area contributed by atoms with E-state index in [0.29, 0.717) is 31.6 Å². The molecule has 156 valence electrons. The van der Waals surface area contributed by atoms with Crippen LogP contribution in [0.1, 0.15) is 35.0 Å². The van der Waals surface area contributed by atoms with E-state index in [2.05, 4.69) is 15.5 Å². The number of nitrogens with zero attached hydrogens (tertiary/aromatic N) is 4. The second-order valence-corrected chi connectivity index (χ2v) is 9.28. The summed E-state index contributed by atoms with van der Waals surface area (Å²) >= 11 is 0. The van der Waals surface area contributed by atoms with Crippen molar-refractivity contribution in [3.05, 3.63) is 71.5 Å². The van der Waals surface area contributed by atoms with E-state index in [-0.39, 0.29) is 17.4 Å². The fraction of sp³-hybridized carbons (Fsp3) is 0.286. The molecular formula is C21H23N5O3S. The minimum absolute atomic E-state index is 0.149. The van der Waals surface area contributed by atoms with Crippen molar-refractivity contribution in [2.45, 2.75) is 26.3 Å². The van der Waals surface area contributed by atoms with Gasteiger partial charge < -0.3 is 5.32 Å². The summed E-state index contributed by atoms with van der Waals surface area (Å²) in [7, 11) is -3.25. The SMILES string of the molecule is CCCS(=O)(=O)N1CCc2ccc(NC(=O)c3cnn(-c4ccccc4)n3)cc2C1. The summed E-state index contributed by atoms with van der Waals surface area (Å²) in [4.78, 5) is 14.0. The molecule has 30 heavy (non-hydrogen) atoms. The van der Waals surface area contributed by atoms with Gasteiger partial charge in [0, 0.05) is 18.8 Å². The van der Waals surface area contributed by atoms with Gasteiger partial charge in [-0.1, -0.05) is 31.2 Å². The maximum absolute atomic E-state index is 12.6. The molecule has 8 nitrogen and oxygen atoms in total. The number of carbonyl (C=O) groups is 1. The van der Waals surface area contributed by atoms with Crippen LogP contribution in [0.15, 0.2) is 54.7 Å². The molecule has 0 fully saturated rings. The molecule has 0 bridgehead atoms.